The summed E-state index contributed by atoms with van der Waals surface area (Å²) in [5.74, 6) is 1.97. The van der Waals surface area contributed by atoms with Crippen molar-refractivity contribution in [2.75, 3.05) is 6.61 Å². The van der Waals surface area contributed by atoms with Gasteiger partial charge in [0.2, 0.25) is 0 Å². The van der Waals surface area contributed by atoms with Crippen LogP contribution >= 0.6 is 11.6 Å². The molecule has 100 valence electrons. The summed E-state index contributed by atoms with van der Waals surface area (Å²) in [5, 5.41) is -0.152. The molecule has 1 aromatic heterocycles. The van der Waals surface area contributed by atoms with Gasteiger partial charge in [-0.1, -0.05) is 19.1 Å². The Kier molecular flexibility index (Phi) is 3.52. The third-order valence-corrected chi connectivity index (χ3v) is 4.09. The van der Waals surface area contributed by atoms with Crippen LogP contribution in [0.2, 0.25) is 0 Å². The van der Waals surface area contributed by atoms with E-state index in [4.69, 9.17) is 20.8 Å². The smallest absolute Gasteiger partial charge is 0.122 e. The van der Waals surface area contributed by atoms with E-state index in [0.717, 1.165) is 48.5 Å². The van der Waals surface area contributed by atoms with Gasteiger partial charge < -0.3 is 9.15 Å². The fraction of sp³-hybridized carbons (Fsp3) is 0.375. The van der Waals surface area contributed by atoms with E-state index in [1.807, 2.05) is 18.2 Å². The van der Waals surface area contributed by atoms with E-state index in [1.54, 1.807) is 6.26 Å². The molecule has 0 aliphatic carbocycles. The highest BCUT2D eigenvalue weighted by Gasteiger charge is 2.19. The van der Waals surface area contributed by atoms with Gasteiger partial charge in [0.25, 0.3) is 0 Å². The fourth-order valence-corrected chi connectivity index (χ4v) is 2.91. The van der Waals surface area contributed by atoms with Crippen molar-refractivity contribution in [3.8, 4) is 5.75 Å². The minimum atomic E-state index is -0.152. The SMILES string of the molecule is CCc1occc1C(Cl)c1ccc2c(c1)CCCO2. The van der Waals surface area contributed by atoms with Crippen LogP contribution in [0.25, 0.3) is 0 Å². The number of aryl methyl sites for hydroxylation is 2. The molecule has 0 amide bonds. The first-order valence-electron chi connectivity index (χ1n) is 6.75. The Labute approximate surface area is 118 Å². The maximum atomic E-state index is 6.60. The number of alkyl halides is 1. The lowest BCUT2D eigenvalue weighted by atomic mass is 9.98. The van der Waals surface area contributed by atoms with Crippen molar-refractivity contribution in [2.45, 2.75) is 31.6 Å². The first-order chi connectivity index (χ1) is 9.29. The van der Waals surface area contributed by atoms with Crippen LogP contribution in [0.3, 0.4) is 0 Å². The van der Waals surface area contributed by atoms with Gasteiger partial charge in [-0.05, 0) is 36.1 Å². The zero-order valence-electron chi connectivity index (χ0n) is 11.0. The van der Waals surface area contributed by atoms with Crippen LogP contribution in [0.15, 0.2) is 34.9 Å². The molecule has 3 rings (SSSR count). The summed E-state index contributed by atoms with van der Waals surface area (Å²) in [5.41, 5.74) is 3.44. The number of halogens is 1. The summed E-state index contributed by atoms with van der Waals surface area (Å²) < 4.78 is 11.1. The van der Waals surface area contributed by atoms with Gasteiger partial charge in [-0.15, -0.1) is 11.6 Å². The number of hydrogen-bond acceptors (Lipinski definition) is 2. The van der Waals surface area contributed by atoms with Gasteiger partial charge in [0, 0.05) is 12.0 Å². The largest absolute Gasteiger partial charge is 0.493 e. The minimum absolute atomic E-state index is 0.152. The second kappa shape index (κ2) is 5.30. The highest BCUT2D eigenvalue weighted by molar-refractivity contribution is 6.22. The molecular formula is C16H17ClO2. The number of benzene rings is 1. The summed E-state index contributed by atoms with van der Waals surface area (Å²) in [7, 11) is 0. The zero-order valence-corrected chi connectivity index (χ0v) is 11.7. The van der Waals surface area contributed by atoms with Gasteiger partial charge in [0.1, 0.15) is 11.5 Å². The summed E-state index contributed by atoms with van der Waals surface area (Å²) in [6.45, 7) is 2.89. The molecule has 0 bridgehead atoms. The topological polar surface area (TPSA) is 22.4 Å². The maximum Gasteiger partial charge on any atom is 0.122 e. The van der Waals surface area contributed by atoms with E-state index in [9.17, 15) is 0 Å². The predicted molar refractivity (Wildman–Crippen MR) is 76.0 cm³/mol. The molecule has 19 heavy (non-hydrogen) atoms. The minimum Gasteiger partial charge on any atom is -0.493 e. The van der Waals surface area contributed by atoms with Crippen LogP contribution in [0.1, 0.15) is 41.2 Å². The average molecular weight is 277 g/mol. The molecule has 0 saturated heterocycles. The molecule has 0 fully saturated rings. The summed E-state index contributed by atoms with van der Waals surface area (Å²) in [6.07, 6.45) is 4.72. The molecule has 0 spiro atoms. The van der Waals surface area contributed by atoms with Crippen LogP contribution in [-0.2, 0) is 12.8 Å². The van der Waals surface area contributed by atoms with E-state index < -0.39 is 0 Å². The Hall–Kier alpha value is -1.41. The Balaban J connectivity index is 1.93. The average Bonchev–Trinajstić information content (AvgIpc) is 2.94. The van der Waals surface area contributed by atoms with E-state index >= 15 is 0 Å². The molecule has 1 aliphatic heterocycles. The molecule has 1 aliphatic rings. The summed E-state index contributed by atoms with van der Waals surface area (Å²) in [4.78, 5) is 0. The summed E-state index contributed by atoms with van der Waals surface area (Å²) >= 11 is 6.60. The van der Waals surface area contributed by atoms with Crippen molar-refractivity contribution in [1.82, 2.24) is 0 Å². The van der Waals surface area contributed by atoms with Gasteiger partial charge in [-0.25, -0.2) is 0 Å². The number of furan rings is 1. The molecule has 0 N–H and O–H groups in total. The molecule has 1 unspecified atom stereocenters. The molecule has 1 atom stereocenters. The number of hydrogen-bond donors (Lipinski definition) is 0. The van der Waals surface area contributed by atoms with Crippen LogP contribution in [0.4, 0.5) is 0 Å². The van der Waals surface area contributed by atoms with Gasteiger partial charge in [-0.2, -0.15) is 0 Å². The Morgan fingerprint density at radius 1 is 1.32 bits per heavy atom. The van der Waals surface area contributed by atoms with Crippen molar-refractivity contribution in [3.63, 3.8) is 0 Å². The molecule has 3 heteroatoms. The zero-order chi connectivity index (χ0) is 13.2. The van der Waals surface area contributed by atoms with E-state index in [-0.39, 0.29) is 5.38 Å². The lowest BCUT2D eigenvalue weighted by molar-refractivity contribution is 0.288. The van der Waals surface area contributed by atoms with Crippen LogP contribution in [0, 0.1) is 0 Å². The van der Waals surface area contributed by atoms with E-state index in [1.165, 1.54) is 5.56 Å². The van der Waals surface area contributed by atoms with Crippen LogP contribution < -0.4 is 4.74 Å². The highest BCUT2D eigenvalue weighted by Crippen LogP contribution is 2.35. The van der Waals surface area contributed by atoms with Gasteiger partial charge >= 0.3 is 0 Å². The molecular weight excluding hydrogens is 260 g/mol. The Morgan fingerprint density at radius 3 is 3.05 bits per heavy atom. The van der Waals surface area contributed by atoms with Gasteiger partial charge in [0.15, 0.2) is 0 Å². The van der Waals surface area contributed by atoms with E-state index in [2.05, 4.69) is 13.0 Å². The predicted octanol–water partition coefficient (Wildman–Crippen LogP) is 4.50. The normalized spacial score (nSPS) is 15.7. The second-order valence-corrected chi connectivity index (χ2v) is 5.27. The highest BCUT2D eigenvalue weighted by atomic mass is 35.5. The quantitative estimate of drug-likeness (QED) is 0.771. The summed E-state index contributed by atoms with van der Waals surface area (Å²) in [6, 6.07) is 8.21. The van der Waals surface area contributed by atoms with Crippen molar-refractivity contribution >= 4 is 11.6 Å². The Morgan fingerprint density at radius 2 is 2.21 bits per heavy atom. The molecule has 0 radical (unpaired) electrons. The van der Waals surface area contributed by atoms with Gasteiger partial charge in [-0.3, -0.25) is 0 Å². The van der Waals surface area contributed by atoms with Gasteiger partial charge in [0.05, 0.1) is 18.2 Å². The molecule has 1 aromatic carbocycles. The lowest BCUT2D eigenvalue weighted by Crippen LogP contribution is -2.09. The third-order valence-electron chi connectivity index (χ3n) is 3.60. The van der Waals surface area contributed by atoms with Crippen molar-refractivity contribution in [1.29, 1.82) is 0 Å². The third kappa shape index (κ3) is 2.37. The van der Waals surface area contributed by atoms with Crippen molar-refractivity contribution in [3.05, 3.63) is 53.0 Å². The molecule has 2 nitrogen and oxygen atoms in total. The number of ether oxygens (including phenoxy) is 1. The molecule has 2 heterocycles. The monoisotopic (exact) mass is 276 g/mol. The van der Waals surface area contributed by atoms with Crippen LogP contribution in [-0.4, -0.2) is 6.61 Å². The van der Waals surface area contributed by atoms with Crippen LogP contribution in [0.5, 0.6) is 5.75 Å². The first-order valence-corrected chi connectivity index (χ1v) is 7.19. The van der Waals surface area contributed by atoms with Crippen molar-refractivity contribution in [2.24, 2.45) is 0 Å². The van der Waals surface area contributed by atoms with E-state index in [0.29, 0.717) is 0 Å². The number of fused-ring (bicyclic) bond motifs is 1. The first kappa shape index (κ1) is 12.6. The molecule has 2 aromatic rings. The molecule has 0 saturated carbocycles. The fourth-order valence-electron chi connectivity index (χ4n) is 2.58. The maximum absolute atomic E-state index is 6.60. The lowest BCUT2D eigenvalue weighted by Gasteiger charge is -2.19. The Bertz CT molecular complexity index is 574. The standard InChI is InChI=1S/C16H17ClO2/c1-2-14-13(7-9-19-14)16(17)12-5-6-15-11(10-12)4-3-8-18-15/h5-7,9-10,16H,2-4,8H2,1H3. The second-order valence-electron chi connectivity index (χ2n) is 4.83. The van der Waals surface area contributed by atoms with Crippen molar-refractivity contribution < 1.29 is 9.15 Å². The number of rotatable bonds is 3.